The lowest BCUT2D eigenvalue weighted by atomic mass is 10.1. The average Bonchev–Trinajstić information content (AvgIpc) is 2.81. The van der Waals surface area contributed by atoms with E-state index in [9.17, 15) is 18.5 Å². The standard InChI is InChI=1S/C25H21ClN2O5S/c1-16-9-10-22(17(2)11-16)28-25(29)19(15-27)12-18-13-21(26)24(23(14-18)32-3)33-34(30,31)20-7-5-4-6-8-20/h4-14H,1-3H3,(H,28,29)/b19-12+. The number of carbonyl (C=O) groups excluding carboxylic acids is 1. The van der Waals surface area contributed by atoms with Crippen LogP contribution in [0.1, 0.15) is 16.7 Å². The van der Waals surface area contributed by atoms with Crippen molar-refractivity contribution < 1.29 is 22.1 Å². The molecule has 0 bridgehead atoms. The van der Waals surface area contributed by atoms with Crippen LogP contribution in [0.15, 0.2) is 71.1 Å². The van der Waals surface area contributed by atoms with Gasteiger partial charge >= 0.3 is 10.1 Å². The van der Waals surface area contributed by atoms with Crippen LogP contribution in [0.5, 0.6) is 11.5 Å². The molecule has 0 spiro atoms. The first-order valence-corrected chi connectivity index (χ1v) is 11.8. The molecule has 3 aromatic rings. The van der Waals surface area contributed by atoms with Crippen molar-refractivity contribution in [3.63, 3.8) is 0 Å². The summed E-state index contributed by atoms with van der Waals surface area (Å²) in [7, 11) is -2.84. The van der Waals surface area contributed by atoms with Crippen LogP contribution in [0.4, 0.5) is 5.69 Å². The maximum Gasteiger partial charge on any atom is 0.339 e. The number of halogens is 1. The van der Waals surface area contributed by atoms with Gasteiger partial charge in [0, 0.05) is 5.69 Å². The van der Waals surface area contributed by atoms with Crippen LogP contribution in [0.25, 0.3) is 6.08 Å². The van der Waals surface area contributed by atoms with Gasteiger partial charge in [0.15, 0.2) is 5.75 Å². The molecule has 9 heteroatoms. The zero-order chi connectivity index (χ0) is 24.9. The Bertz CT molecular complexity index is 1410. The first kappa shape index (κ1) is 24.8. The molecule has 0 aliphatic carbocycles. The van der Waals surface area contributed by atoms with E-state index in [2.05, 4.69) is 5.32 Å². The Balaban J connectivity index is 1.91. The fourth-order valence-corrected chi connectivity index (χ4v) is 4.39. The number of nitriles is 1. The lowest BCUT2D eigenvalue weighted by Gasteiger charge is -2.13. The number of methoxy groups -OCH3 is 1. The predicted molar refractivity (Wildman–Crippen MR) is 130 cm³/mol. The van der Waals surface area contributed by atoms with Crippen LogP contribution in [0, 0.1) is 25.2 Å². The minimum absolute atomic E-state index is 0.0188. The van der Waals surface area contributed by atoms with Crippen LogP contribution in [0.2, 0.25) is 5.02 Å². The van der Waals surface area contributed by atoms with Crippen LogP contribution in [0.3, 0.4) is 0 Å². The van der Waals surface area contributed by atoms with Gasteiger partial charge in [-0.1, -0.05) is 47.5 Å². The van der Waals surface area contributed by atoms with Gasteiger partial charge in [-0.15, -0.1) is 0 Å². The fraction of sp³-hybridized carbons (Fsp3) is 0.120. The topological polar surface area (TPSA) is 105 Å². The van der Waals surface area contributed by atoms with E-state index in [0.29, 0.717) is 11.3 Å². The van der Waals surface area contributed by atoms with Gasteiger partial charge in [0.25, 0.3) is 5.91 Å². The van der Waals surface area contributed by atoms with Crippen molar-refractivity contribution >= 4 is 39.4 Å². The summed E-state index contributed by atoms with van der Waals surface area (Å²) in [6.45, 7) is 3.79. The molecule has 174 valence electrons. The smallest absolute Gasteiger partial charge is 0.339 e. The minimum atomic E-state index is -4.16. The fourth-order valence-electron chi connectivity index (χ4n) is 3.11. The number of amides is 1. The number of benzene rings is 3. The van der Waals surface area contributed by atoms with E-state index >= 15 is 0 Å². The Hall–Kier alpha value is -3.80. The Kier molecular flexibility index (Phi) is 7.61. The average molecular weight is 497 g/mol. The normalized spacial score (nSPS) is 11.4. The molecule has 0 aliphatic heterocycles. The lowest BCUT2D eigenvalue weighted by molar-refractivity contribution is -0.112. The highest BCUT2D eigenvalue weighted by Crippen LogP contribution is 2.38. The first-order valence-electron chi connectivity index (χ1n) is 10.0. The summed E-state index contributed by atoms with van der Waals surface area (Å²) in [5, 5.41) is 12.2. The van der Waals surface area contributed by atoms with Crippen LogP contribution in [-0.4, -0.2) is 21.4 Å². The third kappa shape index (κ3) is 5.76. The summed E-state index contributed by atoms with van der Waals surface area (Å²) in [6, 6.07) is 17.8. The van der Waals surface area contributed by atoms with E-state index in [1.807, 2.05) is 32.0 Å². The zero-order valence-electron chi connectivity index (χ0n) is 18.6. The van der Waals surface area contributed by atoms with Crippen molar-refractivity contribution in [2.45, 2.75) is 18.7 Å². The highest BCUT2D eigenvalue weighted by atomic mass is 35.5. The van der Waals surface area contributed by atoms with Crippen molar-refractivity contribution in [3.8, 4) is 17.6 Å². The van der Waals surface area contributed by atoms with Crippen molar-refractivity contribution in [1.29, 1.82) is 5.26 Å². The quantitative estimate of drug-likeness (QED) is 0.271. The minimum Gasteiger partial charge on any atom is -0.493 e. The molecule has 1 N–H and O–H groups in total. The molecule has 0 radical (unpaired) electrons. The molecule has 0 aliphatic rings. The molecule has 7 nitrogen and oxygen atoms in total. The number of aryl methyl sites for hydroxylation is 2. The number of hydrogen-bond acceptors (Lipinski definition) is 6. The number of carbonyl (C=O) groups is 1. The number of anilines is 1. The molecule has 0 atom stereocenters. The number of hydrogen-bond donors (Lipinski definition) is 1. The van der Waals surface area contributed by atoms with Gasteiger partial charge < -0.3 is 14.2 Å². The Morgan fingerprint density at radius 3 is 2.41 bits per heavy atom. The van der Waals surface area contributed by atoms with E-state index in [-0.39, 0.29) is 27.0 Å². The summed E-state index contributed by atoms with van der Waals surface area (Å²) in [5.41, 5.74) is 2.66. The molecular weight excluding hydrogens is 476 g/mol. The summed E-state index contributed by atoms with van der Waals surface area (Å²) >= 11 is 6.30. The molecular formula is C25H21ClN2O5S. The second-order valence-corrected chi connectivity index (χ2v) is 9.28. The van der Waals surface area contributed by atoms with E-state index in [0.717, 1.165) is 11.1 Å². The molecule has 3 rings (SSSR count). The second-order valence-electron chi connectivity index (χ2n) is 7.33. The third-order valence-corrected chi connectivity index (χ3v) is 6.30. The monoisotopic (exact) mass is 496 g/mol. The molecule has 0 fully saturated rings. The molecule has 34 heavy (non-hydrogen) atoms. The van der Waals surface area contributed by atoms with Crippen LogP contribution < -0.4 is 14.2 Å². The van der Waals surface area contributed by atoms with Crippen molar-refractivity contribution in [1.82, 2.24) is 0 Å². The molecule has 3 aromatic carbocycles. The summed E-state index contributed by atoms with van der Waals surface area (Å²) in [4.78, 5) is 12.6. The Morgan fingerprint density at radius 1 is 1.09 bits per heavy atom. The van der Waals surface area contributed by atoms with Crippen molar-refractivity contribution in [3.05, 3.63) is 87.9 Å². The second kappa shape index (κ2) is 10.4. The number of ether oxygens (including phenoxy) is 1. The van der Waals surface area contributed by atoms with Crippen LogP contribution >= 0.6 is 11.6 Å². The number of rotatable bonds is 7. The lowest BCUT2D eigenvalue weighted by Crippen LogP contribution is -2.14. The first-order chi connectivity index (χ1) is 16.1. The molecule has 0 saturated carbocycles. The van der Waals surface area contributed by atoms with Crippen molar-refractivity contribution in [2.75, 3.05) is 12.4 Å². The van der Waals surface area contributed by atoms with E-state index in [4.69, 9.17) is 20.5 Å². The van der Waals surface area contributed by atoms with Crippen LogP contribution in [-0.2, 0) is 14.9 Å². The van der Waals surface area contributed by atoms with Gasteiger partial charge in [-0.2, -0.15) is 13.7 Å². The summed E-state index contributed by atoms with van der Waals surface area (Å²) < 4.78 is 35.7. The van der Waals surface area contributed by atoms with Crippen molar-refractivity contribution in [2.24, 2.45) is 0 Å². The highest BCUT2D eigenvalue weighted by molar-refractivity contribution is 7.87. The highest BCUT2D eigenvalue weighted by Gasteiger charge is 2.22. The molecule has 1 amide bonds. The molecule has 0 unspecified atom stereocenters. The maximum atomic E-state index is 12.7. The van der Waals surface area contributed by atoms with E-state index in [1.54, 1.807) is 24.3 Å². The molecule has 0 heterocycles. The van der Waals surface area contributed by atoms with Gasteiger partial charge in [-0.3, -0.25) is 4.79 Å². The van der Waals surface area contributed by atoms with E-state index < -0.39 is 16.0 Å². The third-order valence-electron chi connectivity index (χ3n) is 4.78. The van der Waals surface area contributed by atoms with Gasteiger partial charge in [-0.05, 0) is 61.4 Å². The van der Waals surface area contributed by atoms with Gasteiger partial charge in [0.2, 0.25) is 5.75 Å². The predicted octanol–water partition coefficient (Wildman–Crippen LogP) is 5.28. The number of nitrogens with zero attached hydrogens (tertiary/aromatic N) is 1. The largest absolute Gasteiger partial charge is 0.493 e. The maximum absolute atomic E-state index is 12.7. The SMILES string of the molecule is COc1cc(/C=C(\C#N)C(=O)Nc2ccc(C)cc2C)cc(Cl)c1OS(=O)(=O)c1ccccc1. The van der Waals surface area contributed by atoms with Gasteiger partial charge in [0.05, 0.1) is 12.1 Å². The molecule has 0 aromatic heterocycles. The zero-order valence-corrected chi connectivity index (χ0v) is 20.2. The Labute approximate surface area is 203 Å². The Morgan fingerprint density at radius 2 is 1.79 bits per heavy atom. The molecule has 0 saturated heterocycles. The van der Waals surface area contributed by atoms with Gasteiger partial charge in [0.1, 0.15) is 16.5 Å². The summed E-state index contributed by atoms with van der Waals surface area (Å²) in [6.07, 6.45) is 1.32. The van der Waals surface area contributed by atoms with E-state index in [1.165, 1.54) is 37.5 Å². The summed E-state index contributed by atoms with van der Waals surface area (Å²) in [5.74, 6) is -0.787. The number of nitrogens with one attached hydrogen (secondary N) is 1. The van der Waals surface area contributed by atoms with Gasteiger partial charge in [-0.25, -0.2) is 0 Å².